The Kier molecular flexibility index (Phi) is 16.9. The maximum Gasteiger partial charge on any atom is 0.255 e. The second kappa shape index (κ2) is 19.9. The summed E-state index contributed by atoms with van der Waals surface area (Å²) in [6, 6.07) is 8.69. The van der Waals surface area contributed by atoms with Crippen molar-refractivity contribution in [2.45, 2.75) is 110 Å². The van der Waals surface area contributed by atoms with E-state index < -0.39 is 16.9 Å². The standard InChI is InChI=1S/C32H51NO5S/c1-3-5-6-7-8-9-10-11-12-13-14-15-16-19-22-33-32(36)29-23-30(38-24-26(34)25-39(37)4-2)27-20-17-18-21-28(27)31(29)35/h17-18,20-21,23,26,34-35H,3-16,19,22,24-25H2,1-2H3,(H,33,36). The number of aliphatic hydroxyl groups is 1. The number of benzene rings is 2. The molecule has 0 fully saturated rings. The minimum absolute atomic E-state index is 0.0411. The first-order valence-corrected chi connectivity index (χ1v) is 16.6. The van der Waals surface area contributed by atoms with Gasteiger partial charge in [0.2, 0.25) is 0 Å². The normalized spacial score (nSPS) is 12.9. The van der Waals surface area contributed by atoms with Gasteiger partial charge in [-0.1, -0.05) is 122 Å². The summed E-state index contributed by atoms with van der Waals surface area (Å²) in [4.78, 5) is 12.9. The van der Waals surface area contributed by atoms with Crippen LogP contribution in [0.25, 0.3) is 10.8 Å². The summed E-state index contributed by atoms with van der Waals surface area (Å²) in [5.41, 5.74) is 0.153. The number of nitrogens with one attached hydrogen (secondary N) is 1. The minimum Gasteiger partial charge on any atom is -0.506 e. The molecule has 6 nitrogen and oxygen atoms in total. The second-order valence-corrected chi connectivity index (χ2v) is 12.3. The summed E-state index contributed by atoms with van der Waals surface area (Å²) in [7, 11) is -1.10. The maximum atomic E-state index is 12.9. The van der Waals surface area contributed by atoms with Crippen LogP contribution in [0.5, 0.6) is 11.5 Å². The second-order valence-electron chi connectivity index (χ2n) is 10.5. The number of carbonyl (C=O) groups is 1. The van der Waals surface area contributed by atoms with E-state index in [2.05, 4.69) is 12.2 Å². The molecular formula is C32H51NO5S. The Hall–Kier alpha value is -2.12. The zero-order chi connectivity index (χ0) is 28.3. The Labute approximate surface area is 238 Å². The van der Waals surface area contributed by atoms with Gasteiger partial charge in [-0.15, -0.1) is 0 Å². The van der Waals surface area contributed by atoms with Gasteiger partial charge >= 0.3 is 0 Å². The maximum absolute atomic E-state index is 12.9. The van der Waals surface area contributed by atoms with Crippen molar-refractivity contribution >= 4 is 27.5 Å². The van der Waals surface area contributed by atoms with Gasteiger partial charge in [-0.3, -0.25) is 9.00 Å². The molecular weight excluding hydrogens is 510 g/mol. The molecule has 39 heavy (non-hydrogen) atoms. The van der Waals surface area contributed by atoms with Crippen LogP contribution < -0.4 is 10.1 Å². The van der Waals surface area contributed by atoms with E-state index in [1.807, 2.05) is 6.07 Å². The summed E-state index contributed by atoms with van der Waals surface area (Å²) >= 11 is 0. The number of aromatic hydroxyl groups is 1. The van der Waals surface area contributed by atoms with E-state index in [9.17, 15) is 19.2 Å². The molecule has 2 aromatic rings. The molecule has 2 atom stereocenters. The van der Waals surface area contributed by atoms with Crippen molar-refractivity contribution in [3.05, 3.63) is 35.9 Å². The average Bonchev–Trinajstić information content (AvgIpc) is 2.94. The lowest BCUT2D eigenvalue weighted by atomic mass is 10.0. The highest BCUT2D eigenvalue weighted by Gasteiger charge is 2.19. The fraction of sp³-hybridized carbons (Fsp3) is 0.656. The zero-order valence-corrected chi connectivity index (χ0v) is 25.0. The van der Waals surface area contributed by atoms with Gasteiger partial charge in [0.15, 0.2) is 0 Å². The lowest BCUT2D eigenvalue weighted by molar-refractivity contribution is 0.0949. The first-order chi connectivity index (χ1) is 19.0. The van der Waals surface area contributed by atoms with E-state index in [0.717, 1.165) is 12.8 Å². The van der Waals surface area contributed by atoms with E-state index in [1.165, 1.54) is 83.1 Å². The van der Waals surface area contributed by atoms with Crippen molar-refractivity contribution in [2.24, 2.45) is 0 Å². The predicted molar refractivity (Wildman–Crippen MR) is 163 cm³/mol. The molecule has 2 rings (SSSR count). The quantitative estimate of drug-likeness (QED) is 0.131. The Morgan fingerprint density at radius 3 is 1.97 bits per heavy atom. The number of phenols is 1. The molecule has 0 aliphatic heterocycles. The third-order valence-electron chi connectivity index (χ3n) is 7.17. The molecule has 0 heterocycles. The molecule has 0 spiro atoms. The number of ether oxygens (including phenoxy) is 1. The van der Waals surface area contributed by atoms with Crippen molar-refractivity contribution in [2.75, 3.05) is 24.7 Å². The van der Waals surface area contributed by atoms with Gasteiger partial charge < -0.3 is 20.3 Å². The molecule has 7 heteroatoms. The summed E-state index contributed by atoms with van der Waals surface area (Å²) in [6.45, 7) is 4.58. The largest absolute Gasteiger partial charge is 0.506 e. The first kappa shape index (κ1) is 33.1. The van der Waals surface area contributed by atoms with Gasteiger partial charge in [0, 0.05) is 33.9 Å². The molecule has 2 aromatic carbocycles. The number of rotatable bonds is 22. The van der Waals surface area contributed by atoms with Gasteiger partial charge in [0.05, 0.1) is 17.4 Å². The van der Waals surface area contributed by atoms with Gasteiger partial charge in [-0.2, -0.15) is 0 Å². The lowest BCUT2D eigenvalue weighted by Crippen LogP contribution is -2.26. The summed E-state index contributed by atoms with van der Waals surface area (Å²) in [5.74, 6) is 0.600. The highest BCUT2D eigenvalue weighted by molar-refractivity contribution is 7.84. The van der Waals surface area contributed by atoms with Crippen molar-refractivity contribution in [3.8, 4) is 11.5 Å². The van der Waals surface area contributed by atoms with Crippen LogP contribution >= 0.6 is 0 Å². The number of carbonyl (C=O) groups excluding carboxylic acids is 1. The van der Waals surface area contributed by atoms with Crippen LogP contribution in [0.4, 0.5) is 0 Å². The van der Waals surface area contributed by atoms with Crippen molar-refractivity contribution in [1.29, 1.82) is 0 Å². The van der Waals surface area contributed by atoms with Crippen molar-refractivity contribution in [1.82, 2.24) is 5.32 Å². The molecule has 0 aromatic heterocycles. The van der Waals surface area contributed by atoms with E-state index in [4.69, 9.17) is 4.74 Å². The number of fused-ring (bicyclic) bond motifs is 1. The van der Waals surface area contributed by atoms with E-state index in [1.54, 1.807) is 25.1 Å². The Bertz CT molecular complexity index is 996. The fourth-order valence-electron chi connectivity index (χ4n) is 4.80. The highest BCUT2D eigenvalue weighted by Crippen LogP contribution is 2.36. The summed E-state index contributed by atoms with van der Waals surface area (Å²) in [6.07, 6.45) is 17.1. The van der Waals surface area contributed by atoms with E-state index >= 15 is 0 Å². The Balaban J connectivity index is 1.72. The monoisotopic (exact) mass is 561 g/mol. The molecule has 3 N–H and O–H groups in total. The third kappa shape index (κ3) is 12.7. The minimum atomic E-state index is -1.10. The average molecular weight is 562 g/mol. The van der Waals surface area contributed by atoms with Crippen LogP contribution in [0.1, 0.15) is 114 Å². The molecule has 0 aliphatic rings. The number of phenolic OH excluding ortho intramolecular Hbond substituents is 1. The SMILES string of the molecule is CCCCCCCCCCCCCCCCNC(=O)c1cc(OCC(O)CS(=O)CC)c2ccccc2c1O. The van der Waals surface area contributed by atoms with Crippen LogP contribution in [-0.4, -0.2) is 51.1 Å². The van der Waals surface area contributed by atoms with Gasteiger partial charge in [0.25, 0.3) is 5.91 Å². The Morgan fingerprint density at radius 2 is 1.41 bits per heavy atom. The van der Waals surface area contributed by atoms with Crippen LogP contribution in [-0.2, 0) is 10.8 Å². The van der Waals surface area contributed by atoms with E-state index in [0.29, 0.717) is 28.8 Å². The molecule has 0 saturated heterocycles. The zero-order valence-electron chi connectivity index (χ0n) is 24.2. The number of hydrogen-bond donors (Lipinski definition) is 3. The van der Waals surface area contributed by atoms with Crippen LogP contribution in [0.2, 0.25) is 0 Å². The summed E-state index contributed by atoms with van der Waals surface area (Å²) < 4.78 is 17.6. The summed E-state index contributed by atoms with van der Waals surface area (Å²) in [5, 5.41) is 25.1. The van der Waals surface area contributed by atoms with Crippen LogP contribution in [0.15, 0.2) is 30.3 Å². The van der Waals surface area contributed by atoms with Crippen LogP contribution in [0.3, 0.4) is 0 Å². The topological polar surface area (TPSA) is 95.9 Å². The predicted octanol–water partition coefficient (Wildman–Crippen LogP) is 7.26. The fourth-order valence-corrected chi connectivity index (χ4v) is 5.56. The van der Waals surface area contributed by atoms with Crippen LogP contribution in [0, 0.1) is 0 Å². The number of amides is 1. The molecule has 0 bridgehead atoms. The molecule has 2 unspecified atom stereocenters. The van der Waals surface area contributed by atoms with E-state index in [-0.39, 0.29) is 29.6 Å². The van der Waals surface area contributed by atoms with Gasteiger partial charge in [-0.05, 0) is 12.5 Å². The molecule has 1 amide bonds. The molecule has 0 saturated carbocycles. The lowest BCUT2D eigenvalue weighted by Gasteiger charge is -2.16. The Morgan fingerprint density at radius 1 is 0.872 bits per heavy atom. The molecule has 0 aliphatic carbocycles. The smallest absolute Gasteiger partial charge is 0.255 e. The van der Waals surface area contributed by atoms with Gasteiger partial charge in [0.1, 0.15) is 18.1 Å². The number of aliphatic hydroxyl groups excluding tert-OH is 1. The van der Waals surface area contributed by atoms with Gasteiger partial charge in [-0.25, -0.2) is 0 Å². The first-order valence-electron chi connectivity index (χ1n) is 15.2. The van der Waals surface area contributed by atoms with Crippen molar-refractivity contribution < 1.29 is 24.0 Å². The third-order valence-corrected chi connectivity index (χ3v) is 8.57. The highest BCUT2D eigenvalue weighted by atomic mass is 32.2. The molecule has 220 valence electrons. The number of unbranched alkanes of at least 4 members (excludes halogenated alkanes) is 13. The number of hydrogen-bond acceptors (Lipinski definition) is 5. The van der Waals surface area contributed by atoms with Crippen molar-refractivity contribution in [3.63, 3.8) is 0 Å². The molecule has 0 radical (unpaired) electrons.